The molecule has 0 spiro atoms. The smallest absolute Gasteiger partial charge is 0.0922 e. The largest absolute Gasteiger partial charge is 0.379 e. The molecule has 1 aliphatic rings. The van der Waals surface area contributed by atoms with Crippen molar-refractivity contribution >= 4 is 0 Å². The molecule has 5 nitrogen and oxygen atoms in total. The summed E-state index contributed by atoms with van der Waals surface area (Å²) in [6.45, 7) is 7.04. The number of hydrogen-bond donors (Lipinski definition) is 2. The van der Waals surface area contributed by atoms with Gasteiger partial charge < -0.3 is 15.0 Å². The zero-order valence-electron chi connectivity index (χ0n) is 9.61. The van der Waals surface area contributed by atoms with E-state index in [0.717, 1.165) is 45.1 Å². The Kier molecular flexibility index (Phi) is 4.79. The summed E-state index contributed by atoms with van der Waals surface area (Å²) in [7, 11) is 0. The average Bonchev–Trinajstić information content (AvgIpc) is 2.83. The Bertz CT molecular complexity index is 270. The summed E-state index contributed by atoms with van der Waals surface area (Å²) in [5.74, 6) is 0. The van der Waals surface area contributed by atoms with Crippen molar-refractivity contribution in [2.24, 2.45) is 0 Å². The van der Waals surface area contributed by atoms with Gasteiger partial charge in [0.15, 0.2) is 0 Å². The number of nitrogens with zero attached hydrogens (tertiary/aromatic N) is 2. The van der Waals surface area contributed by atoms with Crippen LogP contribution in [0.3, 0.4) is 0 Å². The number of morpholine rings is 1. The van der Waals surface area contributed by atoms with Crippen LogP contribution >= 0.6 is 0 Å². The van der Waals surface area contributed by atoms with Crippen molar-refractivity contribution in [3.63, 3.8) is 0 Å². The summed E-state index contributed by atoms with van der Waals surface area (Å²) >= 11 is 0. The number of rotatable bonds is 6. The Morgan fingerprint density at radius 1 is 1.44 bits per heavy atom. The lowest BCUT2D eigenvalue weighted by Crippen LogP contribution is -2.37. The first-order valence-corrected chi connectivity index (χ1v) is 5.93. The molecule has 2 N–H and O–H groups in total. The Balaban J connectivity index is 1.48. The number of aromatic amines is 1. The molecule has 0 amide bonds. The minimum Gasteiger partial charge on any atom is -0.379 e. The van der Waals surface area contributed by atoms with Gasteiger partial charge in [-0.25, -0.2) is 4.98 Å². The fraction of sp³-hybridized carbons (Fsp3) is 0.727. The van der Waals surface area contributed by atoms with E-state index in [1.807, 2.05) is 6.20 Å². The van der Waals surface area contributed by atoms with Gasteiger partial charge in [-0.2, -0.15) is 0 Å². The summed E-state index contributed by atoms with van der Waals surface area (Å²) in [5.41, 5.74) is 1.14. The molecule has 1 aliphatic heterocycles. The third kappa shape index (κ3) is 3.92. The molecule has 0 saturated carbocycles. The summed E-state index contributed by atoms with van der Waals surface area (Å²) < 4.78 is 5.31. The minimum atomic E-state index is 0.878. The summed E-state index contributed by atoms with van der Waals surface area (Å²) in [6, 6.07) is 0. The van der Waals surface area contributed by atoms with Gasteiger partial charge in [-0.1, -0.05) is 0 Å². The monoisotopic (exact) mass is 224 g/mol. The highest BCUT2D eigenvalue weighted by Crippen LogP contribution is 1.97. The molecular formula is C11H20N4O. The van der Waals surface area contributed by atoms with Crippen LogP contribution in [0.15, 0.2) is 12.5 Å². The normalized spacial score (nSPS) is 17.8. The predicted molar refractivity (Wildman–Crippen MR) is 62.2 cm³/mol. The van der Waals surface area contributed by atoms with Crippen molar-refractivity contribution in [1.29, 1.82) is 0 Å². The Morgan fingerprint density at radius 2 is 2.31 bits per heavy atom. The van der Waals surface area contributed by atoms with Gasteiger partial charge in [0.05, 0.1) is 19.5 Å². The lowest BCUT2D eigenvalue weighted by Gasteiger charge is -2.26. The fourth-order valence-corrected chi connectivity index (χ4v) is 1.86. The standard InChI is InChI=1S/C11H20N4O/c1(3-15-4-6-16-7-5-15)2-12-8-11-9-13-10-14-11/h9-10,12H,1-8H2,(H,13,14). The Hall–Kier alpha value is -0.910. The second-order valence-electron chi connectivity index (χ2n) is 4.06. The number of aromatic nitrogens is 2. The first-order valence-electron chi connectivity index (χ1n) is 5.93. The number of imidazole rings is 1. The van der Waals surface area contributed by atoms with Crippen molar-refractivity contribution in [1.82, 2.24) is 20.2 Å². The number of nitrogens with one attached hydrogen (secondary N) is 2. The first kappa shape index (κ1) is 11.6. The quantitative estimate of drug-likeness (QED) is 0.679. The fourth-order valence-electron chi connectivity index (χ4n) is 1.86. The van der Waals surface area contributed by atoms with Crippen LogP contribution in [0.1, 0.15) is 12.1 Å². The lowest BCUT2D eigenvalue weighted by atomic mass is 10.3. The van der Waals surface area contributed by atoms with E-state index < -0.39 is 0 Å². The van der Waals surface area contributed by atoms with Gasteiger partial charge in [0, 0.05) is 31.5 Å². The van der Waals surface area contributed by atoms with Crippen LogP contribution in [0.4, 0.5) is 0 Å². The molecule has 1 saturated heterocycles. The van der Waals surface area contributed by atoms with E-state index >= 15 is 0 Å². The van der Waals surface area contributed by atoms with E-state index in [1.54, 1.807) is 6.33 Å². The van der Waals surface area contributed by atoms with Gasteiger partial charge in [0.25, 0.3) is 0 Å². The maximum atomic E-state index is 5.31. The molecule has 2 rings (SSSR count). The Morgan fingerprint density at radius 3 is 3.06 bits per heavy atom. The highest BCUT2D eigenvalue weighted by molar-refractivity contribution is 4.92. The molecule has 0 aromatic carbocycles. The highest BCUT2D eigenvalue weighted by atomic mass is 16.5. The van der Waals surface area contributed by atoms with E-state index in [0.29, 0.717) is 0 Å². The summed E-state index contributed by atoms with van der Waals surface area (Å²) in [4.78, 5) is 9.51. The zero-order chi connectivity index (χ0) is 11.1. The molecule has 90 valence electrons. The molecule has 1 aromatic heterocycles. The van der Waals surface area contributed by atoms with Crippen molar-refractivity contribution in [3.05, 3.63) is 18.2 Å². The molecule has 0 bridgehead atoms. The van der Waals surface area contributed by atoms with Crippen LogP contribution in [0.5, 0.6) is 0 Å². The molecule has 0 atom stereocenters. The molecule has 5 heteroatoms. The molecule has 0 radical (unpaired) electrons. The van der Waals surface area contributed by atoms with Crippen molar-refractivity contribution in [2.45, 2.75) is 13.0 Å². The van der Waals surface area contributed by atoms with Gasteiger partial charge in [0.1, 0.15) is 0 Å². The van der Waals surface area contributed by atoms with E-state index in [1.165, 1.54) is 13.0 Å². The molecule has 0 unspecified atom stereocenters. The van der Waals surface area contributed by atoms with Crippen molar-refractivity contribution < 1.29 is 4.74 Å². The van der Waals surface area contributed by atoms with Crippen LogP contribution < -0.4 is 5.32 Å². The van der Waals surface area contributed by atoms with Crippen molar-refractivity contribution in [3.8, 4) is 0 Å². The molecular weight excluding hydrogens is 204 g/mol. The third-order valence-corrected chi connectivity index (χ3v) is 2.80. The highest BCUT2D eigenvalue weighted by Gasteiger charge is 2.08. The molecule has 0 aliphatic carbocycles. The van der Waals surface area contributed by atoms with Crippen LogP contribution in [-0.4, -0.2) is 54.3 Å². The molecule has 1 fully saturated rings. The maximum Gasteiger partial charge on any atom is 0.0922 e. The molecule has 2 heterocycles. The number of hydrogen-bond acceptors (Lipinski definition) is 4. The van der Waals surface area contributed by atoms with Crippen LogP contribution in [0.25, 0.3) is 0 Å². The first-order chi connectivity index (χ1) is 7.95. The van der Waals surface area contributed by atoms with Crippen LogP contribution in [0.2, 0.25) is 0 Å². The number of H-pyrrole nitrogens is 1. The minimum absolute atomic E-state index is 0.878. The lowest BCUT2D eigenvalue weighted by molar-refractivity contribution is 0.0374. The van der Waals surface area contributed by atoms with Gasteiger partial charge >= 0.3 is 0 Å². The Labute approximate surface area is 96.2 Å². The van der Waals surface area contributed by atoms with E-state index in [-0.39, 0.29) is 0 Å². The topological polar surface area (TPSA) is 53.2 Å². The number of ether oxygens (including phenoxy) is 1. The second-order valence-corrected chi connectivity index (χ2v) is 4.06. The third-order valence-electron chi connectivity index (χ3n) is 2.80. The second kappa shape index (κ2) is 6.62. The summed E-state index contributed by atoms with van der Waals surface area (Å²) in [6.07, 6.45) is 4.76. The van der Waals surface area contributed by atoms with Gasteiger partial charge in [-0.05, 0) is 19.5 Å². The van der Waals surface area contributed by atoms with Crippen LogP contribution in [0, 0.1) is 0 Å². The van der Waals surface area contributed by atoms with E-state index in [9.17, 15) is 0 Å². The van der Waals surface area contributed by atoms with E-state index in [4.69, 9.17) is 4.74 Å². The van der Waals surface area contributed by atoms with Gasteiger partial charge in [-0.15, -0.1) is 0 Å². The molecule has 16 heavy (non-hydrogen) atoms. The SMILES string of the molecule is c1ncc(CNCCCN2CCOCC2)[nH]1. The molecule has 1 aromatic rings. The van der Waals surface area contributed by atoms with Gasteiger partial charge in [-0.3, -0.25) is 4.90 Å². The zero-order valence-corrected chi connectivity index (χ0v) is 9.61. The maximum absolute atomic E-state index is 5.31. The van der Waals surface area contributed by atoms with E-state index in [2.05, 4.69) is 20.2 Å². The van der Waals surface area contributed by atoms with Crippen molar-refractivity contribution in [2.75, 3.05) is 39.4 Å². The predicted octanol–water partition coefficient (Wildman–Crippen LogP) is 0.222. The summed E-state index contributed by atoms with van der Waals surface area (Å²) in [5, 5.41) is 3.40. The van der Waals surface area contributed by atoms with Gasteiger partial charge in [0.2, 0.25) is 0 Å². The average molecular weight is 224 g/mol. The van der Waals surface area contributed by atoms with Crippen LogP contribution in [-0.2, 0) is 11.3 Å².